The Balaban J connectivity index is 1.58. The van der Waals surface area contributed by atoms with Crippen molar-refractivity contribution < 1.29 is 14.3 Å². The van der Waals surface area contributed by atoms with E-state index in [0.717, 1.165) is 15.2 Å². The summed E-state index contributed by atoms with van der Waals surface area (Å²) in [6.07, 6.45) is 3.19. The van der Waals surface area contributed by atoms with E-state index >= 15 is 0 Å². The third-order valence-electron chi connectivity index (χ3n) is 3.10. The Labute approximate surface area is 152 Å². The van der Waals surface area contributed by atoms with Crippen LogP contribution in [0.5, 0.6) is 0 Å². The highest BCUT2D eigenvalue weighted by Gasteiger charge is 2.09. The number of ether oxygens (including phenoxy) is 1. The van der Waals surface area contributed by atoms with Gasteiger partial charge < -0.3 is 4.74 Å². The topological polar surface area (TPSA) is 81.2 Å². The van der Waals surface area contributed by atoms with E-state index in [9.17, 15) is 9.59 Å². The van der Waals surface area contributed by atoms with E-state index in [1.807, 2.05) is 24.3 Å². The molecule has 0 aliphatic rings. The van der Waals surface area contributed by atoms with Crippen LogP contribution < -0.4 is 5.32 Å². The van der Waals surface area contributed by atoms with E-state index in [1.165, 1.54) is 28.7 Å². The molecule has 0 radical (unpaired) electrons. The molecule has 0 spiro atoms. The van der Waals surface area contributed by atoms with Gasteiger partial charge >= 0.3 is 5.97 Å². The smallest absolute Gasteiger partial charge is 0.311 e. The Morgan fingerprint density at radius 1 is 1.28 bits per heavy atom. The van der Waals surface area contributed by atoms with E-state index < -0.39 is 0 Å². The predicted octanol–water partition coefficient (Wildman–Crippen LogP) is 3.51. The summed E-state index contributed by atoms with van der Waals surface area (Å²) in [6.45, 7) is 2.09. The molecule has 3 rings (SSSR count). The lowest BCUT2D eigenvalue weighted by Crippen LogP contribution is -2.09. The number of nitrogens with one attached hydrogen (secondary N) is 1. The standard InChI is InChI=1S/C17H15N3O3S2/c1-2-23-16(22)9-11-10-24-17(18-11)20-14(21)7-8-15-19-12-5-3-4-6-13(12)25-15/h3-8,10H,2,9H2,1H3,(H,18,20,21)/b8-7+. The Morgan fingerprint density at radius 3 is 2.92 bits per heavy atom. The van der Waals surface area contributed by atoms with Crippen LogP contribution in [0.2, 0.25) is 0 Å². The second-order valence-corrected chi connectivity index (χ2v) is 6.89. The van der Waals surface area contributed by atoms with Crippen molar-refractivity contribution in [3.05, 3.63) is 46.4 Å². The van der Waals surface area contributed by atoms with Gasteiger partial charge in [0, 0.05) is 11.5 Å². The second-order valence-electron chi connectivity index (χ2n) is 4.97. The Bertz CT molecular complexity index is 897. The minimum absolute atomic E-state index is 0.0990. The van der Waals surface area contributed by atoms with Crippen LogP contribution in [0.15, 0.2) is 35.7 Å². The van der Waals surface area contributed by atoms with E-state index in [1.54, 1.807) is 18.4 Å². The van der Waals surface area contributed by atoms with Crippen LogP contribution in [0.3, 0.4) is 0 Å². The molecule has 128 valence electrons. The number of para-hydroxylation sites is 1. The first-order valence-electron chi connectivity index (χ1n) is 7.58. The monoisotopic (exact) mass is 373 g/mol. The molecule has 25 heavy (non-hydrogen) atoms. The molecule has 1 aromatic carbocycles. The minimum Gasteiger partial charge on any atom is -0.466 e. The predicted molar refractivity (Wildman–Crippen MR) is 99.7 cm³/mol. The van der Waals surface area contributed by atoms with Crippen molar-refractivity contribution in [3.8, 4) is 0 Å². The van der Waals surface area contributed by atoms with E-state index in [0.29, 0.717) is 17.4 Å². The highest BCUT2D eigenvalue weighted by molar-refractivity contribution is 7.19. The van der Waals surface area contributed by atoms with Crippen molar-refractivity contribution in [3.63, 3.8) is 0 Å². The Morgan fingerprint density at radius 2 is 2.12 bits per heavy atom. The number of carbonyl (C=O) groups is 2. The fourth-order valence-electron chi connectivity index (χ4n) is 2.06. The van der Waals surface area contributed by atoms with Crippen molar-refractivity contribution in [1.29, 1.82) is 0 Å². The average molecular weight is 373 g/mol. The van der Waals surface area contributed by atoms with Crippen molar-refractivity contribution in [1.82, 2.24) is 9.97 Å². The fraction of sp³-hybridized carbons (Fsp3) is 0.176. The molecule has 0 saturated heterocycles. The van der Waals surface area contributed by atoms with Gasteiger partial charge in [-0.3, -0.25) is 14.9 Å². The Kier molecular flexibility index (Phi) is 5.52. The van der Waals surface area contributed by atoms with Crippen molar-refractivity contribution >= 4 is 56.0 Å². The summed E-state index contributed by atoms with van der Waals surface area (Å²) in [4.78, 5) is 32.0. The maximum atomic E-state index is 12.0. The van der Waals surface area contributed by atoms with Gasteiger partial charge in [-0.15, -0.1) is 22.7 Å². The van der Waals surface area contributed by atoms with Crippen LogP contribution in [0.4, 0.5) is 5.13 Å². The zero-order valence-corrected chi connectivity index (χ0v) is 15.0. The number of benzene rings is 1. The van der Waals surface area contributed by atoms with Crippen molar-refractivity contribution in [2.45, 2.75) is 13.3 Å². The average Bonchev–Trinajstić information content (AvgIpc) is 3.19. The van der Waals surface area contributed by atoms with Gasteiger partial charge in [0.05, 0.1) is 28.9 Å². The van der Waals surface area contributed by atoms with Crippen molar-refractivity contribution in [2.24, 2.45) is 0 Å². The molecule has 0 aliphatic carbocycles. The maximum Gasteiger partial charge on any atom is 0.311 e. The molecular weight excluding hydrogens is 358 g/mol. The number of fused-ring (bicyclic) bond motifs is 1. The van der Waals surface area contributed by atoms with Crippen LogP contribution in [0, 0.1) is 0 Å². The lowest BCUT2D eigenvalue weighted by molar-refractivity contribution is -0.142. The van der Waals surface area contributed by atoms with Gasteiger partial charge in [0.2, 0.25) is 5.91 Å². The van der Waals surface area contributed by atoms with Gasteiger partial charge in [0.15, 0.2) is 5.13 Å². The molecule has 0 aliphatic heterocycles. The third kappa shape index (κ3) is 4.71. The molecule has 0 atom stereocenters. The third-order valence-corrected chi connectivity index (χ3v) is 4.91. The molecule has 6 nitrogen and oxygen atoms in total. The van der Waals surface area contributed by atoms with Crippen molar-refractivity contribution in [2.75, 3.05) is 11.9 Å². The van der Waals surface area contributed by atoms with E-state index in [2.05, 4.69) is 15.3 Å². The first-order valence-corrected chi connectivity index (χ1v) is 9.28. The SMILES string of the molecule is CCOC(=O)Cc1csc(NC(=O)/C=C/c2nc3ccccc3s2)n1. The molecule has 0 bridgehead atoms. The first-order chi connectivity index (χ1) is 12.1. The number of carbonyl (C=O) groups excluding carboxylic acids is 2. The lowest BCUT2D eigenvalue weighted by atomic mass is 10.3. The summed E-state index contributed by atoms with van der Waals surface area (Å²) in [5.74, 6) is -0.627. The number of amides is 1. The van der Waals surface area contributed by atoms with Gasteiger partial charge in [-0.1, -0.05) is 12.1 Å². The van der Waals surface area contributed by atoms with Gasteiger partial charge in [-0.25, -0.2) is 9.97 Å². The second kappa shape index (κ2) is 8.00. The molecule has 2 aromatic heterocycles. The highest BCUT2D eigenvalue weighted by atomic mass is 32.1. The molecular formula is C17H15N3O3S2. The van der Waals surface area contributed by atoms with E-state index in [-0.39, 0.29) is 18.3 Å². The number of hydrogen-bond acceptors (Lipinski definition) is 7. The van der Waals surface area contributed by atoms with Gasteiger partial charge in [0.1, 0.15) is 5.01 Å². The molecule has 1 N–H and O–H groups in total. The largest absolute Gasteiger partial charge is 0.466 e. The summed E-state index contributed by atoms with van der Waals surface area (Å²) >= 11 is 2.78. The molecule has 1 amide bonds. The summed E-state index contributed by atoms with van der Waals surface area (Å²) in [5, 5.41) is 5.61. The van der Waals surface area contributed by atoms with Gasteiger partial charge in [-0.2, -0.15) is 0 Å². The van der Waals surface area contributed by atoms with Crippen LogP contribution in [-0.2, 0) is 20.7 Å². The number of esters is 1. The molecule has 3 aromatic rings. The van der Waals surface area contributed by atoms with E-state index in [4.69, 9.17) is 4.74 Å². The zero-order valence-electron chi connectivity index (χ0n) is 13.4. The van der Waals surface area contributed by atoms with Crippen LogP contribution in [0.25, 0.3) is 16.3 Å². The van der Waals surface area contributed by atoms with Gasteiger partial charge in [-0.05, 0) is 25.1 Å². The summed E-state index contributed by atoms with van der Waals surface area (Å²) < 4.78 is 5.95. The fourth-order valence-corrected chi connectivity index (χ4v) is 3.64. The number of hydrogen-bond donors (Lipinski definition) is 1. The molecule has 0 unspecified atom stereocenters. The number of thiazole rings is 2. The molecule has 0 saturated carbocycles. The Hall–Kier alpha value is -2.58. The number of rotatable bonds is 6. The lowest BCUT2D eigenvalue weighted by Gasteiger charge is -1.98. The molecule has 2 heterocycles. The number of anilines is 1. The quantitative estimate of drug-likeness (QED) is 0.528. The van der Waals surface area contributed by atoms with Gasteiger partial charge in [0.25, 0.3) is 0 Å². The number of nitrogens with zero attached hydrogens (tertiary/aromatic N) is 2. The summed E-state index contributed by atoms with van der Waals surface area (Å²) in [7, 11) is 0. The van der Waals surface area contributed by atoms with Crippen LogP contribution in [0.1, 0.15) is 17.6 Å². The summed E-state index contributed by atoms with van der Waals surface area (Å²) in [5.41, 5.74) is 1.49. The normalized spacial score (nSPS) is 11.1. The molecule has 0 fully saturated rings. The summed E-state index contributed by atoms with van der Waals surface area (Å²) in [6, 6.07) is 7.81. The van der Waals surface area contributed by atoms with Crippen LogP contribution >= 0.6 is 22.7 Å². The number of aromatic nitrogens is 2. The maximum absolute atomic E-state index is 12.0. The highest BCUT2D eigenvalue weighted by Crippen LogP contribution is 2.22. The van der Waals surface area contributed by atoms with Crippen LogP contribution in [-0.4, -0.2) is 28.5 Å². The zero-order chi connectivity index (χ0) is 17.6. The molecule has 8 heteroatoms. The first kappa shape index (κ1) is 17.2. The minimum atomic E-state index is -0.332.